The van der Waals surface area contributed by atoms with Gasteiger partial charge in [0.25, 0.3) is 0 Å². The molecule has 0 unspecified atom stereocenters. The average molecular weight is 292 g/mol. The lowest BCUT2D eigenvalue weighted by atomic mass is 10.0. The smallest absolute Gasteiger partial charge is 0.217 e. The minimum absolute atomic E-state index is 0.224. The summed E-state index contributed by atoms with van der Waals surface area (Å²) in [5, 5.41) is 40.6. The van der Waals surface area contributed by atoms with Crippen molar-refractivity contribution in [3.63, 3.8) is 0 Å². The zero-order valence-corrected chi connectivity index (χ0v) is 11.1. The van der Waals surface area contributed by atoms with Gasteiger partial charge < -0.3 is 40.1 Å². The molecule has 0 aromatic heterocycles. The summed E-state index contributed by atoms with van der Waals surface area (Å²) < 4.78 is 4.92. The first-order chi connectivity index (χ1) is 9.24. The van der Waals surface area contributed by atoms with E-state index in [-0.39, 0.29) is 6.29 Å². The Hall–Kier alpha value is -1.55. The molecule has 116 valence electrons. The number of aliphatic hydroxyl groups is 3. The van der Waals surface area contributed by atoms with Gasteiger partial charge in [0.2, 0.25) is 5.91 Å². The minimum atomic E-state index is -1.79. The second-order valence-corrected chi connectivity index (χ2v) is 4.16. The van der Waals surface area contributed by atoms with Crippen molar-refractivity contribution in [2.75, 3.05) is 6.61 Å². The molecule has 0 rings (SSSR count). The number of amides is 1. The summed E-state index contributed by atoms with van der Waals surface area (Å²) in [4.78, 5) is 32.5. The van der Waals surface area contributed by atoms with Gasteiger partial charge in [0.1, 0.15) is 30.6 Å². The van der Waals surface area contributed by atoms with Crippen LogP contribution in [0.5, 0.6) is 0 Å². The largest absolute Gasteiger partial charge is 0.547 e. The molecular formula is C11H18NO8-. The Kier molecular flexibility index (Phi) is 7.92. The van der Waals surface area contributed by atoms with Crippen molar-refractivity contribution in [1.82, 2.24) is 5.32 Å². The Morgan fingerprint density at radius 3 is 2.30 bits per heavy atom. The Labute approximate surface area is 115 Å². The average Bonchev–Trinajstić information content (AvgIpc) is 2.39. The fraction of sp³-hybridized carbons (Fsp3) is 0.727. The predicted molar refractivity (Wildman–Crippen MR) is 62.1 cm³/mol. The van der Waals surface area contributed by atoms with Gasteiger partial charge in [-0.15, -0.1) is 0 Å². The van der Waals surface area contributed by atoms with E-state index >= 15 is 0 Å². The lowest BCUT2D eigenvalue weighted by molar-refractivity contribution is -0.318. The van der Waals surface area contributed by atoms with Crippen LogP contribution in [0, 0.1) is 0 Å². The Balaban J connectivity index is 5.15. The van der Waals surface area contributed by atoms with Crippen molar-refractivity contribution in [3.05, 3.63) is 0 Å². The Morgan fingerprint density at radius 2 is 1.95 bits per heavy atom. The van der Waals surface area contributed by atoms with Crippen molar-refractivity contribution in [2.45, 2.75) is 44.3 Å². The molecule has 0 radical (unpaired) electrons. The fourth-order valence-electron chi connectivity index (χ4n) is 1.42. The number of carbonyl (C=O) groups excluding carboxylic acids is 3. The van der Waals surface area contributed by atoms with Crippen LogP contribution < -0.4 is 10.4 Å². The van der Waals surface area contributed by atoms with Gasteiger partial charge in [-0.2, -0.15) is 0 Å². The number of nitrogens with one attached hydrogen (secondary N) is 1. The highest BCUT2D eigenvalue weighted by molar-refractivity contribution is 5.77. The van der Waals surface area contributed by atoms with E-state index in [1.807, 2.05) is 0 Å². The fourth-order valence-corrected chi connectivity index (χ4v) is 1.42. The van der Waals surface area contributed by atoms with Crippen LogP contribution in [-0.2, 0) is 19.1 Å². The number of hydrogen-bond acceptors (Lipinski definition) is 8. The van der Waals surface area contributed by atoms with Gasteiger partial charge in [0, 0.05) is 6.92 Å². The SMILES string of the molecule is CC(=O)N[C@@H](C=O)[C@@H](O[C@H](C)C(=O)[O-])[C@H](O)[C@H](O)CO. The topological polar surface area (TPSA) is 156 Å². The van der Waals surface area contributed by atoms with Gasteiger partial charge >= 0.3 is 0 Å². The molecule has 0 aromatic rings. The van der Waals surface area contributed by atoms with Gasteiger partial charge in [-0.1, -0.05) is 0 Å². The van der Waals surface area contributed by atoms with Gasteiger partial charge in [0.15, 0.2) is 0 Å². The second-order valence-electron chi connectivity index (χ2n) is 4.16. The van der Waals surface area contributed by atoms with E-state index in [0.717, 1.165) is 13.8 Å². The first-order valence-electron chi connectivity index (χ1n) is 5.80. The van der Waals surface area contributed by atoms with Crippen molar-refractivity contribution >= 4 is 18.2 Å². The van der Waals surface area contributed by atoms with Crippen LogP contribution in [-0.4, -0.2) is 70.5 Å². The van der Waals surface area contributed by atoms with Crippen LogP contribution in [0.15, 0.2) is 0 Å². The van der Waals surface area contributed by atoms with E-state index in [1.54, 1.807) is 0 Å². The third kappa shape index (κ3) is 5.61. The van der Waals surface area contributed by atoms with Crippen molar-refractivity contribution in [3.8, 4) is 0 Å². The maximum absolute atomic E-state index is 11.0. The highest BCUT2D eigenvalue weighted by atomic mass is 16.5. The molecule has 0 saturated heterocycles. The first kappa shape index (κ1) is 18.4. The minimum Gasteiger partial charge on any atom is -0.547 e. The van der Waals surface area contributed by atoms with E-state index in [0.29, 0.717) is 0 Å². The van der Waals surface area contributed by atoms with Crippen molar-refractivity contribution < 1.29 is 39.5 Å². The third-order valence-corrected chi connectivity index (χ3v) is 2.48. The number of carbonyl (C=O) groups is 3. The molecule has 0 aliphatic heterocycles. The Morgan fingerprint density at radius 1 is 1.40 bits per heavy atom. The normalized spacial score (nSPS) is 18.4. The molecule has 4 N–H and O–H groups in total. The molecule has 5 atom stereocenters. The summed E-state index contributed by atoms with van der Waals surface area (Å²) in [5.41, 5.74) is 0. The molecule has 1 amide bonds. The number of hydrogen-bond donors (Lipinski definition) is 4. The standard InChI is InChI=1S/C11H19NO8/c1-5(11(18)19)20-10(9(17)8(16)4-14)7(3-13)12-6(2)15/h3,5,7-10,14,16-17H,4H2,1-2H3,(H,12,15)(H,18,19)/p-1/t5-,7+,8-,9-,10-/m1/s1. The van der Waals surface area contributed by atoms with E-state index < -0.39 is 48.9 Å². The Bertz CT molecular complexity index is 347. The van der Waals surface area contributed by atoms with Crippen LogP contribution in [0.1, 0.15) is 13.8 Å². The number of ether oxygens (including phenoxy) is 1. The maximum Gasteiger partial charge on any atom is 0.217 e. The number of carboxylic acids is 1. The number of carboxylic acid groups (broad SMARTS) is 1. The van der Waals surface area contributed by atoms with Gasteiger partial charge in [0.05, 0.1) is 18.7 Å². The van der Waals surface area contributed by atoms with Crippen molar-refractivity contribution in [2.24, 2.45) is 0 Å². The molecule has 0 bridgehead atoms. The van der Waals surface area contributed by atoms with Gasteiger partial charge in [-0.05, 0) is 6.92 Å². The van der Waals surface area contributed by atoms with Gasteiger partial charge in [-0.3, -0.25) is 4.79 Å². The summed E-state index contributed by atoms with van der Waals surface area (Å²) in [6.07, 6.45) is -6.31. The molecule has 0 aromatic carbocycles. The van der Waals surface area contributed by atoms with E-state index in [2.05, 4.69) is 5.32 Å². The summed E-state index contributed by atoms with van der Waals surface area (Å²) in [6, 6.07) is -1.40. The van der Waals surface area contributed by atoms with Crippen molar-refractivity contribution in [1.29, 1.82) is 0 Å². The molecule has 0 spiro atoms. The number of aliphatic carboxylic acids is 1. The van der Waals surface area contributed by atoms with Crippen LogP contribution in [0.3, 0.4) is 0 Å². The number of rotatable bonds is 9. The monoisotopic (exact) mass is 292 g/mol. The summed E-state index contributed by atoms with van der Waals surface area (Å²) in [6.45, 7) is 1.35. The highest BCUT2D eigenvalue weighted by Crippen LogP contribution is 2.11. The quantitative estimate of drug-likeness (QED) is 0.313. The third-order valence-electron chi connectivity index (χ3n) is 2.48. The molecule has 0 heterocycles. The molecule has 9 nitrogen and oxygen atoms in total. The van der Waals surface area contributed by atoms with E-state index in [1.165, 1.54) is 0 Å². The highest BCUT2D eigenvalue weighted by Gasteiger charge is 2.35. The molecule has 0 aliphatic carbocycles. The van der Waals surface area contributed by atoms with Crippen LogP contribution in [0.25, 0.3) is 0 Å². The molecule has 20 heavy (non-hydrogen) atoms. The molecule has 0 aliphatic rings. The summed E-state index contributed by atoms with van der Waals surface area (Å²) in [5.74, 6) is -2.23. The molecule has 0 fully saturated rings. The number of aldehydes is 1. The maximum atomic E-state index is 11.0. The molecule has 0 saturated carbocycles. The second kappa shape index (κ2) is 8.59. The van der Waals surface area contributed by atoms with E-state index in [4.69, 9.17) is 9.84 Å². The van der Waals surface area contributed by atoms with Crippen LogP contribution >= 0.6 is 0 Å². The van der Waals surface area contributed by atoms with E-state index in [9.17, 15) is 29.7 Å². The summed E-state index contributed by atoms with van der Waals surface area (Å²) >= 11 is 0. The zero-order chi connectivity index (χ0) is 15.9. The summed E-state index contributed by atoms with van der Waals surface area (Å²) in [7, 11) is 0. The van der Waals surface area contributed by atoms with Crippen LogP contribution in [0.4, 0.5) is 0 Å². The van der Waals surface area contributed by atoms with Crippen LogP contribution in [0.2, 0.25) is 0 Å². The lowest BCUT2D eigenvalue weighted by Crippen LogP contribution is -2.56. The zero-order valence-electron chi connectivity index (χ0n) is 11.1. The number of aliphatic hydroxyl groups excluding tert-OH is 3. The molecule has 9 heteroatoms. The predicted octanol–water partition coefficient (Wildman–Crippen LogP) is -4.07. The first-order valence-corrected chi connectivity index (χ1v) is 5.80. The molecular weight excluding hydrogens is 274 g/mol. The van der Waals surface area contributed by atoms with Gasteiger partial charge in [-0.25, -0.2) is 0 Å². The lowest BCUT2D eigenvalue weighted by Gasteiger charge is -2.32.